The second kappa shape index (κ2) is 5.91. The number of carbonyl (C=O) groups excluding carboxylic acids is 1. The maximum Gasteiger partial charge on any atom is 0.254 e. The molecule has 0 bridgehead atoms. The molecule has 3 rings (SSSR count). The Morgan fingerprint density at radius 3 is 2.68 bits per heavy atom. The first-order valence-corrected chi connectivity index (χ1v) is 9.51. The summed E-state index contributed by atoms with van der Waals surface area (Å²) in [4.78, 5) is 14.6. The number of hydrogen-bond acceptors (Lipinski definition) is 3. The van der Waals surface area contributed by atoms with Gasteiger partial charge in [-0.2, -0.15) is 0 Å². The summed E-state index contributed by atoms with van der Waals surface area (Å²) < 4.78 is 25.5. The van der Waals surface area contributed by atoms with Crippen molar-refractivity contribution in [3.63, 3.8) is 0 Å². The van der Waals surface area contributed by atoms with Crippen LogP contribution in [0.3, 0.4) is 0 Å². The minimum absolute atomic E-state index is 0.00523. The maximum absolute atomic E-state index is 12.7. The highest BCUT2D eigenvalue weighted by molar-refractivity contribution is 7.93. The van der Waals surface area contributed by atoms with Crippen molar-refractivity contribution in [2.24, 2.45) is 0 Å². The average Bonchev–Trinajstić information content (AvgIpc) is 2.86. The van der Waals surface area contributed by atoms with Crippen LogP contribution in [0.25, 0.3) is 0 Å². The van der Waals surface area contributed by atoms with E-state index in [1.165, 1.54) is 4.31 Å². The first-order chi connectivity index (χ1) is 10.5. The molecule has 0 radical (unpaired) electrons. The van der Waals surface area contributed by atoms with Crippen LogP contribution in [0.2, 0.25) is 0 Å². The van der Waals surface area contributed by atoms with E-state index in [0.717, 1.165) is 25.8 Å². The van der Waals surface area contributed by atoms with Gasteiger partial charge in [0.25, 0.3) is 5.91 Å². The largest absolute Gasteiger partial charge is 0.336 e. The zero-order valence-corrected chi connectivity index (χ0v) is 13.7. The summed E-state index contributed by atoms with van der Waals surface area (Å²) in [7, 11) is -3.21. The molecule has 0 spiro atoms. The van der Waals surface area contributed by atoms with E-state index in [-0.39, 0.29) is 17.7 Å². The Labute approximate surface area is 132 Å². The molecular weight excluding hydrogens is 300 g/mol. The number of rotatable bonds is 2. The van der Waals surface area contributed by atoms with Gasteiger partial charge in [-0.25, -0.2) is 8.42 Å². The second-order valence-electron chi connectivity index (χ2n) is 6.14. The second-order valence-corrected chi connectivity index (χ2v) is 8.15. The highest BCUT2D eigenvalue weighted by Crippen LogP contribution is 2.26. The van der Waals surface area contributed by atoms with Gasteiger partial charge in [-0.1, -0.05) is 6.07 Å². The van der Waals surface area contributed by atoms with Gasteiger partial charge in [0.15, 0.2) is 0 Å². The van der Waals surface area contributed by atoms with Gasteiger partial charge in [0.1, 0.15) is 0 Å². The van der Waals surface area contributed by atoms with Crippen LogP contribution in [0.5, 0.6) is 0 Å². The van der Waals surface area contributed by atoms with Crippen molar-refractivity contribution in [2.45, 2.75) is 38.6 Å². The van der Waals surface area contributed by atoms with E-state index in [4.69, 9.17) is 0 Å². The van der Waals surface area contributed by atoms with Crippen molar-refractivity contribution < 1.29 is 13.2 Å². The molecule has 0 saturated carbocycles. The van der Waals surface area contributed by atoms with Gasteiger partial charge >= 0.3 is 0 Å². The van der Waals surface area contributed by atoms with E-state index in [1.54, 1.807) is 24.3 Å². The molecule has 2 saturated heterocycles. The molecule has 1 atom stereocenters. The lowest BCUT2D eigenvalue weighted by Gasteiger charge is -2.33. The molecular formula is C16H22N2O3S. The van der Waals surface area contributed by atoms with Crippen molar-refractivity contribution in [3.8, 4) is 0 Å². The third-order valence-corrected chi connectivity index (χ3v) is 6.41. The summed E-state index contributed by atoms with van der Waals surface area (Å²) in [6.07, 6.45) is 3.88. The van der Waals surface area contributed by atoms with Crippen LogP contribution >= 0.6 is 0 Å². The number of nitrogens with zero attached hydrogens (tertiary/aromatic N) is 2. The van der Waals surface area contributed by atoms with Gasteiger partial charge in [-0.3, -0.25) is 9.10 Å². The molecule has 6 heteroatoms. The first-order valence-electron chi connectivity index (χ1n) is 7.90. The predicted molar refractivity (Wildman–Crippen MR) is 86.5 cm³/mol. The first kappa shape index (κ1) is 15.3. The number of benzene rings is 1. The summed E-state index contributed by atoms with van der Waals surface area (Å²) in [6, 6.07) is 7.27. The Balaban J connectivity index is 1.86. The van der Waals surface area contributed by atoms with E-state index >= 15 is 0 Å². The third kappa shape index (κ3) is 2.84. The molecule has 5 nitrogen and oxygen atoms in total. The van der Waals surface area contributed by atoms with Crippen molar-refractivity contribution in [1.29, 1.82) is 0 Å². The smallest absolute Gasteiger partial charge is 0.254 e. The van der Waals surface area contributed by atoms with Crippen LogP contribution in [0.15, 0.2) is 24.3 Å². The number of likely N-dealkylation sites (tertiary alicyclic amines) is 1. The number of sulfonamides is 1. The fourth-order valence-corrected chi connectivity index (χ4v) is 4.85. The van der Waals surface area contributed by atoms with Crippen molar-refractivity contribution in [2.75, 3.05) is 23.1 Å². The molecule has 120 valence electrons. The van der Waals surface area contributed by atoms with E-state index in [1.807, 2.05) is 4.90 Å². The van der Waals surface area contributed by atoms with E-state index in [0.29, 0.717) is 24.2 Å². The molecule has 0 aliphatic carbocycles. The maximum atomic E-state index is 12.7. The Morgan fingerprint density at radius 2 is 2.00 bits per heavy atom. The molecule has 1 unspecified atom stereocenters. The molecule has 0 aromatic heterocycles. The van der Waals surface area contributed by atoms with Gasteiger partial charge in [-0.05, 0) is 50.8 Å². The number of carbonyl (C=O) groups is 1. The summed E-state index contributed by atoms with van der Waals surface area (Å²) in [5, 5.41) is 0. The minimum Gasteiger partial charge on any atom is -0.336 e. The lowest BCUT2D eigenvalue weighted by molar-refractivity contribution is 0.0635. The lowest BCUT2D eigenvalue weighted by atomic mass is 10.0. The zero-order valence-electron chi connectivity index (χ0n) is 12.9. The summed E-state index contributed by atoms with van der Waals surface area (Å²) in [6.45, 7) is 3.36. The Hall–Kier alpha value is -1.56. The summed E-state index contributed by atoms with van der Waals surface area (Å²) in [5.41, 5.74) is 1.18. The van der Waals surface area contributed by atoms with Gasteiger partial charge in [0, 0.05) is 24.7 Å². The summed E-state index contributed by atoms with van der Waals surface area (Å²) >= 11 is 0. The zero-order chi connectivity index (χ0) is 15.7. The fourth-order valence-electron chi connectivity index (χ4n) is 3.29. The normalized spacial score (nSPS) is 24.5. The van der Waals surface area contributed by atoms with Crippen molar-refractivity contribution in [1.82, 2.24) is 4.90 Å². The topological polar surface area (TPSA) is 57.7 Å². The fraction of sp³-hybridized carbons (Fsp3) is 0.562. The van der Waals surface area contributed by atoms with Crippen molar-refractivity contribution >= 4 is 21.6 Å². The standard InChI is InChI=1S/C16H22N2O3S/c1-13-6-2-3-9-17(13)16(19)14-7-4-8-15(12-14)18-10-5-11-22(18,20)21/h4,7-8,12-13H,2-3,5-6,9-11H2,1H3. The van der Waals surface area contributed by atoms with Gasteiger partial charge in [0.2, 0.25) is 10.0 Å². The Bertz CT molecular complexity index is 672. The van der Waals surface area contributed by atoms with E-state index in [9.17, 15) is 13.2 Å². The Kier molecular flexibility index (Phi) is 4.12. The van der Waals surface area contributed by atoms with E-state index in [2.05, 4.69) is 6.92 Å². The van der Waals surface area contributed by atoms with E-state index < -0.39 is 10.0 Å². The number of piperidine rings is 1. The van der Waals surface area contributed by atoms with Gasteiger partial charge in [-0.15, -0.1) is 0 Å². The van der Waals surface area contributed by atoms with Crippen LogP contribution in [-0.4, -0.2) is 44.1 Å². The molecule has 1 aromatic rings. The molecule has 22 heavy (non-hydrogen) atoms. The SMILES string of the molecule is CC1CCCCN1C(=O)c1cccc(N2CCCS2(=O)=O)c1. The van der Waals surface area contributed by atoms with Gasteiger partial charge < -0.3 is 4.90 Å². The molecule has 0 N–H and O–H groups in total. The molecule has 1 amide bonds. The quantitative estimate of drug-likeness (QED) is 0.839. The number of anilines is 1. The van der Waals surface area contributed by atoms with Crippen LogP contribution in [0, 0.1) is 0 Å². The molecule has 1 aromatic carbocycles. The minimum atomic E-state index is -3.21. The Morgan fingerprint density at radius 1 is 1.18 bits per heavy atom. The molecule has 2 fully saturated rings. The predicted octanol–water partition coefficient (Wildman–Crippen LogP) is 2.24. The lowest BCUT2D eigenvalue weighted by Crippen LogP contribution is -2.42. The van der Waals surface area contributed by atoms with Crippen LogP contribution in [0.1, 0.15) is 43.0 Å². The number of amides is 1. The molecule has 2 aliphatic heterocycles. The average molecular weight is 322 g/mol. The van der Waals surface area contributed by atoms with Gasteiger partial charge in [0.05, 0.1) is 11.4 Å². The highest BCUT2D eigenvalue weighted by Gasteiger charge is 2.29. The summed E-state index contributed by atoms with van der Waals surface area (Å²) in [5.74, 6) is 0.194. The monoisotopic (exact) mass is 322 g/mol. The van der Waals surface area contributed by atoms with Crippen LogP contribution in [0.4, 0.5) is 5.69 Å². The molecule has 2 aliphatic rings. The molecule has 2 heterocycles. The third-order valence-electron chi connectivity index (χ3n) is 4.54. The van der Waals surface area contributed by atoms with Crippen LogP contribution in [-0.2, 0) is 10.0 Å². The van der Waals surface area contributed by atoms with Crippen LogP contribution < -0.4 is 4.31 Å². The highest BCUT2D eigenvalue weighted by atomic mass is 32.2. The number of hydrogen-bond donors (Lipinski definition) is 0. The van der Waals surface area contributed by atoms with Crippen molar-refractivity contribution in [3.05, 3.63) is 29.8 Å².